The molecule has 0 saturated carbocycles. The van der Waals surface area contributed by atoms with Crippen LogP contribution in [0.4, 0.5) is 0 Å². The van der Waals surface area contributed by atoms with Crippen LogP contribution in [0.1, 0.15) is 36.7 Å². The number of hydrogen-bond donors (Lipinski definition) is 2. The van der Waals surface area contributed by atoms with E-state index in [0.717, 1.165) is 24.9 Å². The normalized spacial score (nSPS) is 12.1. The van der Waals surface area contributed by atoms with Crippen molar-refractivity contribution in [2.24, 2.45) is 5.73 Å². The number of rotatable bonds is 7. The molecule has 1 unspecified atom stereocenters. The summed E-state index contributed by atoms with van der Waals surface area (Å²) in [5.41, 5.74) is 6.85. The fourth-order valence-electron chi connectivity index (χ4n) is 2.03. The maximum atomic E-state index is 12.1. The Balaban J connectivity index is 2.02. The van der Waals surface area contributed by atoms with Gasteiger partial charge in [0, 0.05) is 12.6 Å². The van der Waals surface area contributed by atoms with Gasteiger partial charge in [0.05, 0.1) is 11.9 Å². The van der Waals surface area contributed by atoms with Crippen LogP contribution in [0, 0.1) is 0 Å². The number of unbranched alkanes of at least 4 members (excludes halogenated alkanes) is 1. The van der Waals surface area contributed by atoms with Crippen LogP contribution in [0.3, 0.4) is 0 Å². The summed E-state index contributed by atoms with van der Waals surface area (Å²) in [6.07, 6.45) is 4.62. The molecule has 1 aromatic carbocycles. The molecule has 0 aliphatic rings. The zero-order chi connectivity index (χ0) is 15.1. The molecule has 2 rings (SSSR count). The highest BCUT2D eigenvalue weighted by Crippen LogP contribution is 2.06. The quantitative estimate of drug-likeness (QED) is 0.808. The average molecular weight is 287 g/mol. The van der Waals surface area contributed by atoms with E-state index in [0.29, 0.717) is 12.2 Å². The minimum absolute atomic E-state index is 0.0145. The molecule has 112 valence electrons. The molecule has 0 bridgehead atoms. The Morgan fingerprint density at radius 1 is 1.38 bits per heavy atom. The number of carbonyl (C=O) groups excluding carboxylic acids is 1. The maximum absolute atomic E-state index is 12.1. The van der Waals surface area contributed by atoms with Gasteiger partial charge in [-0.25, -0.2) is 4.68 Å². The number of nitrogens with two attached hydrogens (primary N) is 1. The largest absolute Gasteiger partial charge is 0.347 e. The second-order valence-corrected chi connectivity index (χ2v) is 4.93. The highest BCUT2D eigenvalue weighted by Gasteiger charge is 2.15. The van der Waals surface area contributed by atoms with Crippen LogP contribution in [0.5, 0.6) is 0 Å². The van der Waals surface area contributed by atoms with E-state index < -0.39 is 0 Å². The Morgan fingerprint density at radius 2 is 2.14 bits per heavy atom. The molecule has 0 fully saturated rings. The Hall–Kier alpha value is -2.21. The molecule has 21 heavy (non-hydrogen) atoms. The molecule has 0 radical (unpaired) electrons. The number of nitrogens with one attached hydrogen (secondary N) is 1. The van der Waals surface area contributed by atoms with E-state index in [1.54, 1.807) is 10.9 Å². The third-order valence-corrected chi connectivity index (χ3v) is 3.27. The van der Waals surface area contributed by atoms with E-state index in [2.05, 4.69) is 22.6 Å². The van der Waals surface area contributed by atoms with E-state index in [1.807, 2.05) is 30.3 Å². The first kappa shape index (κ1) is 15.2. The van der Waals surface area contributed by atoms with E-state index in [1.165, 1.54) is 0 Å². The third-order valence-electron chi connectivity index (χ3n) is 3.27. The van der Waals surface area contributed by atoms with Crippen LogP contribution < -0.4 is 11.1 Å². The lowest BCUT2D eigenvalue weighted by atomic mass is 10.1. The van der Waals surface area contributed by atoms with Crippen LogP contribution in [-0.4, -0.2) is 33.5 Å². The van der Waals surface area contributed by atoms with Gasteiger partial charge in [-0.2, -0.15) is 0 Å². The van der Waals surface area contributed by atoms with Gasteiger partial charge >= 0.3 is 0 Å². The first-order valence-electron chi connectivity index (χ1n) is 7.23. The molecule has 2 aromatic rings. The Labute approximate surface area is 124 Å². The van der Waals surface area contributed by atoms with Gasteiger partial charge in [-0.1, -0.05) is 43.2 Å². The highest BCUT2D eigenvalue weighted by molar-refractivity contribution is 5.92. The van der Waals surface area contributed by atoms with Gasteiger partial charge < -0.3 is 11.1 Å². The fourth-order valence-corrected chi connectivity index (χ4v) is 2.03. The van der Waals surface area contributed by atoms with Crippen molar-refractivity contribution in [2.75, 3.05) is 6.54 Å². The van der Waals surface area contributed by atoms with Crippen molar-refractivity contribution in [3.8, 4) is 5.69 Å². The number of para-hydroxylation sites is 1. The SMILES string of the molecule is CCCCC(CN)NC(=O)c1cn(-c2ccccc2)nn1. The lowest BCUT2D eigenvalue weighted by Crippen LogP contribution is -2.40. The molecule has 0 spiro atoms. The van der Waals surface area contributed by atoms with Gasteiger partial charge in [-0.15, -0.1) is 5.10 Å². The van der Waals surface area contributed by atoms with Crippen LogP contribution >= 0.6 is 0 Å². The standard InChI is InChI=1S/C15H21N5O/c1-2-3-7-12(10-16)17-15(21)14-11-20(19-18-14)13-8-5-4-6-9-13/h4-6,8-9,11-12H,2-3,7,10,16H2,1H3,(H,17,21). The third kappa shape index (κ3) is 4.13. The van der Waals surface area contributed by atoms with Gasteiger partial charge in [0.2, 0.25) is 0 Å². The number of carbonyl (C=O) groups is 1. The Bertz CT molecular complexity index is 566. The second-order valence-electron chi connectivity index (χ2n) is 4.93. The molecule has 1 amide bonds. The van der Waals surface area contributed by atoms with Crippen molar-refractivity contribution < 1.29 is 4.79 Å². The Morgan fingerprint density at radius 3 is 2.81 bits per heavy atom. The number of amides is 1. The molecular formula is C15H21N5O. The molecule has 1 atom stereocenters. The molecule has 0 aliphatic carbocycles. The Kier molecular flexibility index (Phi) is 5.45. The van der Waals surface area contributed by atoms with Gasteiger partial charge in [0.25, 0.3) is 5.91 Å². The van der Waals surface area contributed by atoms with E-state index in [4.69, 9.17) is 5.73 Å². The van der Waals surface area contributed by atoms with Gasteiger partial charge in [-0.05, 0) is 18.6 Å². The summed E-state index contributed by atoms with van der Waals surface area (Å²) in [6, 6.07) is 9.53. The second kappa shape index (κ2) is 7.54. The van der Waals surface area contributed by atoms with Crippen molar-refractivity contribution in [1.82, 2.24) is 20.3 Å². The number of hydrogen-bond acceptors (Lipinski definition) is 4. The number of nitrogens with zero attached hydrogens (tertiary/aromatic N) is 3. The average Bonchev–Trinajstić information content (AvgIpc) is 3.02. The molecule has 6 nitrogen and oxygen atoms in total. The van der Waals surface area contributed by atoms with Crippen LogP contribution in [0.15, 0.2) is 36.5 Å². The molecular weight excluding hydrogens is 266 g/mol. The maximum Gasteiger partial charge on any atom is 0.273 e. The summed E-state index contributed by atoms with van der Waals surface area (Å²) < 4.78 is 1.58. The van der Waals surface area contributed by atoms with Crippen molar-refractivity contribution in [2.45, 2.75) is 32.2 Å². The van der Waals surface area contributed by atoms with E-state index >= 15 is 0 Å². The van der Waals surface area contributed by atoms with Gasteiger partial charge in [0.1, 0.15) is 0 Å². The first-order chi connectivity index (χ1) is 10.2. The topological polar surface area (TPSA) is 85.8 Å². The summed E-state index contributed by atoms with van der Waals surface area (Å²) in [6.45, 7) is 2.54. The first-order valence-corrected chi connectivity index (χ1v) is 7.23. The summed E-state index contributed by atoms with van der Waals surface area (Å²) in [7, 11) is 0. The van der Waals surface area contributed by atoms with Crippen molar-refractivity contribution >= 4 is 5.91 Å². The monoisotopic (exact) mass is 287 g/mol. The van der Waals surface area contributed by atoms with Crippen LogP contribution in [-0.2, 0) is 0 Å². The smallest absolute Gasteiger partial charge is 0.273 e. The summed E-state index contributed by atoms with van der Waals surface area (Å²) in [4.78, 5) is 12.1. The van der Waals surface area contributed by atoms with Gasteiger partial charge in [0.15, 0.2) is 5.69 Å². The summed E-state index contributed by atoms with van der Waals surface area (Å²) >= 11 is 0. The molecule has 0 saturated heterocycles. The molecule has 6 heteroatoms. The lowest BCUT2D eigenvalue weighted by Gasteiger charge is -2.15. The van der Waals surface area contributed by atoms with E-state index in [9.17, 15) is 4.79 Å². The van der Waals surface area contributed by atoms with Crippen molar-refractivity contribution in [1.29, 1.82) is 0 Å². The van der Waals surface area contributed by atoms with Gasteiger partial charge in [-0.3, -0.25) is 4.79 Å². The molecule has 3 N–H and O–H groups in total. The fraction of sp³-hybridized carbons (Fsp3) is 0.400. The van der Waals surface area contributed by atoms with Crippen molar-refractivity contribution in [3.05, 3.63) is 42.2 Å². The highest BCUT2D eigenvalue weighted by atomic mass is 16.2. The van der Waals surface area contributed by atoms with Crippen molar-refractivity contribution in [3.63, 3.8) is 0 Å². The molecule has 1 aromatic heterocycles. The lowest BCUT2D eigenvalue weighted by molar-refractivity contribution is 0.0930. The zero-order valence-corrected chi connectivity index (χ0v) is 12.2. The molecule has 1 heterocycles. The zero-order valence-electron chi connectivity index (χ0n) is 12.2. The van der Waals surface area contributed by atoms with E-state index in [-0.39, 0.29) is 11.9 Å². The minimum atomic E-state index is -0.233. The minimum Gasteiger partial charge on any atom is -0.347 e. The van der Waals surface area contributed by atoms with Crippen LogP contribution in [0.25, 0.3) is 5.69 Å². The summed E-state index contributed by atoms with van der Waals surface area (Å²) in [5.74, 6) is -0.233. The predicted octanol–water partition coefficient (Wildman–Crippen LogP) is 1.51. The number of benzene rings is 1. The summed E-state index contributed by atoms with van der Waals surface area (Å²) in [5, 5.41) is 10.8. The predicted molar refractivity (Wildman–Crippen MR) is 81.2 cm³/mol. The van der Waals surface area contributed by atoms with Crippen LogP contribution in [0.2, 0.25) is 0 Å². The number of aromatic nitrogens is 3. The molecule has 0 aliphatic heterocycles.